The van der Waals surface area contributed by atoms with Crippen molar-refractivity contribution in [1.82, 2.24) is 0 Å². The van der Waals surface area contributed by atoms with E-state index in [0.29, 0.717) is 6.54 Å². The van der Waals surface area contributed by atoms with E-state index in [2.05, 4.69) is 0 Å². The van der Waals surface area contributed by atoms with Crippen molar-refractivity contribution < 1.29 is 9.90 Å². The van der Waals surface area contributed by atoms with E-state index in [0.717, 1.165) is 25.7 Å². The number of carboxylic acids is 1. The fourth-order valence-corrected chi connectivity index (χ4v) is 2.08. The van der Waals surface area contributed by atoms with Crippen LogP contribution in [0, 0.1) is 5.41 Å². The van der Waals surface area contributed by atoms with Crippen LogP contribution in [0.15, 0.2) is 0 Å². The molecule has 3 N–H and O–H groups in total. The third-order valence-electron chi connectivity index (χ3n) is 2.87. The summed E-state index contributed by atoms with van der Waals surface area (Å²) < 4.78 is 0. The van der Waals surface area contributed by atoms with Gasteiger partial charge in [0.2, 0.25) is 0 Å². The zero-order valence-electron chi connectivity index (χ0n) is 7.38. The maximum absolute atomic E-state index is 10.6. The van der Waals surface area contributed by atoms with Crippen LogP contribution in [0.25, 0.3) is 0 Å². The van der Waals surface area contributed by atoms with E-state index in [-0.39, 0.29) is 49.6 Å². The Kier molecular flexibility index (Phi) is 6.56. The minimum absolute atomic E-state index is 0. The van der Waals surface area contributed by atoms with E-state index in [1.807, 2.05) is 0 Å². The molecule has 1 fully saturated rings. The predicted molar refractivity (Wildman–Crippen MR) is 55.4 cm³/mol. The fourth-order valence-electron chi connectivity index (χ4n) is 2.08. The molecular weight excluding hydrogens is 194 g/mol. The van der Waals surface area contributed by atoms with Crippen molar-refractivity contribution in [1.29, 1.82) is 0 Å². The van der Waals surface area contributed by atoms with Crippen LogP contribution in [0.3, 0.4) is 0 Å². The Morgan fingerprint density at radius 3 is 2.23 bits per heavy atom. The minimum atomic E-state index is -0.706. The monoisotopic (exact) mass is 213 g/mol. The van der Waals surface area contributed by atoms with Crippen molar-refractivity contribution in [2.45, 2.75) is 38.5 Å². The number of aliphatic carboxylic acids is 1. The molecule has 1 aliphatic carbocycles. The van der Waals surface area contributed by atoms with Gasteiger partial charge in [0.25, 0.3) is 0 Å². The molecule has 74 valence electrons. The van der Waals surface area contributed by atoms with Crippen molar-refractivity contribution in [2.24, 2.45) is 11.1 Å². The summed E-state index contributed by atoms with van der Waals surface area (Å²) in [5, 5.41) is 8.71. The van der Waals surface area contributed by atoms with E-state index in [1.54, 1.807) is 0 Å². The second-order valence-electron chi connectivity index (χ2n) is 3.84. The summed E-state index contributed by atoms with van der Waals surface area (Å²) in [5.41, 5.74) is 5.54. The van der Waals surface area contributed by atoms with Crippen LogP contribution < -0.4 is 5.73 Å². The average Bonchev–Trinajstić information content (AvgIpc) is 2.05. The van der Waals surface area contributed by atoms with Crippen molar-refractivity contribution >= 4 is 43.7 Å². The number of nitrogens with two attached hydrogens (primary N) is 1. The van der Waals surface area contributed by atoms with Gasteiger partial charge in [-0.1, -0.05) is 19.3 Å². The van der Waals surface area contributed by atoms with Crippen molar-refractivity contribution in [3.8, 4) is 0 Å². The molecule has 0 aromatic heterocycles. The Balaban J connectivity index is 0.00000144. The van der Waals surface area contributed by atoms with Gasteiger partial charge in [-0.05, 0) is 24.8 Å². The molecule has 0 atom stereocenters. The Labute approximate surface area is 109 Å². The molecular formula is C9H19CaNO2. The molecule has 0 unspecified atom stereocenters. The Hall–Kier alpha value is 0.690. The van der Waals surface area contributed by atoms with Crippen LogP contribution in [0.1, 0.15) is 38.5 Å². The van der Waals surface area contributed by atoms with Crippen LogP contribution in [0.2, 0.25) is 0 Å². The zero-order valence-corrected chi connectivity index (χ0v) is 7.38. The third-order valence-corrected chi connectivity index (χ3v) is 2.87. The second-order valence-corrected chi connectivity index (χ2v) is 3.84. The molecule has 4 heteroatoms. The quantitative estimate of drug-likeness (QED) is 0.669. The molecule has 0 aliphatic heterocycles. The maximum atomic E-state index is 10.6. The SMILES string of the molecule is NCC1(CC(=O)O)CCCCC1.[CaH2]. The summed E-state index contributed by atoms with van der Waals surface area (Å²) in [6, 6.07) is 0. The summed E-state index contributed by atoms with van der Waals surface area (Å²) >= 11 is 0. The molecule has 0 heterocycles. The van der Waals surface area contributed by atoms with E-state index < -0.39 is 5.97 Å². The Morgan fingerprint density at radius 1 is 1.31 bits per heavy atom. The summed E-state index contributed by atoms with van der Waals surface area (Å²) in [6.45, 7) is 0.527. The van der Waals surface area contributed by atoms with Gasteiger partial charge in [0.05, 0.1) is 6.42 Å². The number of rotatable bonds is 3. The predicted octanol–water partition coefficient (Wildman–Crippen LogP) is 0.454. The van der Waals surface area contributed by atoms with Crippen LogP contribution in [0.4, 0.5) is 0 Å². The number of carboxylic acid groups (broad SMARTS) is 1. The van der Waals surface area contributed by atoms with Crippen molar-refractivity contribution in [3.05, 3.63) is 0 Å². The number of hydrogen-bond donors (Lipinski definition) is 2. The molecule has 0 saturated heterocycles. The molecule has 1 saturated carbocycles. The molecule has 0 bridgehead atoms. The summed E-state index contributed by atoms with van der Waals surface area (Å²) in [6.07, 6.45) is 5.77. The summed E-state index contributed by atoms with van der Waals surface area (Å²) in [5.74, 6) is -0.706. The first kappa shape index (κ1) is 13.7. The van der Waals surface area contributed by atoms with Crippen molar-refractivity contribution in [3.63, 3.8) is 0 Å². The van der Waals surface area contributed by atoms with Gasteiger partial charge in [-0.2, -0.15) is 0 Å². The first-order valence-electron chi connectivity index (χ1n) is 4.60. The van der Waals surface area contributed by atoms with Gasteiger partial charge in [-0.15, -0.1) is 0 Å². The first-order chi connectivity index (χ1) is 5.68. The van der Waals surface area contributed by atoms with Gasteiger partial charge in [0, 0.05) is 0 Å². The van der Waals surface area contributed by atoms with E-state index >= 15 is 0 Å². The molecule has 0 aromatic rings. The summed E-state index contributed by atoms with van der Waals surface area (Å²) in [7, 11) is 0. The van der Waals surface area contributed by atoms with E-state index in [1.165, 1.54) is 6.42 Å². The topological polar surface area (TPSA) is 63.3 Å². The normalized spacial score (nSPS) is 20.4. The van der Waals surface area contributed by atoms with Crippen LogP contribution in [-0.2, 0) is 4.79 Å². The van der Waals surface area contributed by atoms with Gasteiger partial charge in [0.15, 0.2) is 0 Å². The molecule has 0 spiro atoms. The molecule has 13 heavy (non-hydrogen) atoms. The average molecular weight is 213 g/mol. The Morgan fingerprint density at radius 2 is 1.85 bits per heavy atom. The van der Waals surface area contributed by atoms with Crippen LogP contribution in [0.5, 0.6) is 0 Å². The third kappa shape index (κ3) is 4.15. The molecule has 0 amide bonds. The molecule has 3 nitrogen and oxygen atoms in total. The van der Waals surface area contributed by atoms with Crippen LogP contribution in [-0.4, -0.2) is 55.4 Å². The Bertz CT molecular complexity index is 167. The van der Waals surface area contributed by atoms with E-state index in [4.69, 9.17) is 10.8 Å². The van der Waals surface area contributed by atoms with Gasteiger partial charge in [-0.3, -0.25) is 4.79 Å². The van der Waals surface area contributed by atoms with Gasteiger partial charge >= 0.3 is 43.7 Å². The molecule has 0 radical (unpaired) electrons. The number of carbonyl (C=O) groups is 1. The first-order valence-corrected chi connectivity index (χ1v) is 4.60. The van der Waals surface area contributed by atoms with E-state index in [9.17, 15) is 4.79 Å². The van der Waals surface area contributed by atoms with Gasteiger partial charge in [-0.25, -0.2) is 0 Å². The standard InChI is InChI=1S/C9H17NO2.Ca.2H/c10-7-9(6-8(11)12)4-2-1-3-5-9;;;/h1-7,10H2,(H,11,12);;;. The number of hydrogen-bond acceptors (Lipinski definition) is 2. The second kappa shape index (κ2) is 6.23. The fraction of sp³-hybridized carbons (Fsp3) is 0.889. The summed E-state index contributed by atoms with van der Waals surface area (Å²) in [4.78, 5) is 10.6. The zero-order chi connectivity index (χ0) is 9.03. The van der Waals surface area contributed by atoms with Crippen molar-refractivity contribution in [2.75, 3.05) is 6.54 Å². The van der Waals surface area contributed by atoms with Gasteiger partial charge in [0.1, 0.15) is 0 Å². The molecule has 0 aromatic carbocycles. The molecule has 1 rings (SSSR count). The van der Waals surface area contributed by atoms with Crippen LogP contribution >= 0.6 is 0 Å². The molecule has 1 aliphatic rings. The van der Waals surface area contributed by atoms with Gasteiger partial charge < -0.3 is 10.8 Å².